The van der Waals surface area contributed by atoms with E-state index in [1.807, 2.05) is 0 Å². The van der Waals surface area contributed by atoms with Crippen LogP contribution in [0.3, 0.4) is 0 Å². The SMILES string of the molecule is CS(=O)(=O)c1ccc(NC2CCC(NC(=O)O)CC2)c(Br)c1. The van der Waals surface area contributed by atoms with Crippen LogP contribution in [0.25, 0.3) is 0 Å². The molecule has 0 bridgehead atoms. The molecule has 8 heteroatoms. The van der Waals surface area contributed by atoms with Crippen LogP contribution in [0.1, 0.15) is 25.7 Å². The maximum atomic E-state index is 11.5. The van der Waals surface area contributed by atoms with Crippen LogP contribution in [-0.4, -0.2) is 38.0 Å². The zero-order valence-electron chi connectivity index (χ0n) is 12.2. The van der Waals surface area contributed by atoms with E-state index in [9.17, 15) is 13.2 Å². The Balaban J connectivity index is 1.97. The topological polar surface area (TPSA) is 95.5 Å². The molecular weight excluding hydrogens is 372 g/mol. The summed E-state index contributed by atoms with van der Waals surface area (Å²) in [6.07, 6.45) is 3.52. The maximum Gasteiger partial charge on any atom is 0.404 e. The van der Waals surface area contributed by atoms with Crippen LogP contribution in [0.2, 0.25) is 0 Å². The molecule has 1 aromatic carbocycles. The summed E-state index contributed by atoms with van der Waals surface area (Å²) in [6.45, 7) is 0. The highest BCUT2D eigenvalue weighted by atomic mass is 79.9. The fourth-order valence-corrected chi connectivity index (χ4v) is 3.91. The van der Waals surface area contributed by atoms with Crippen LogP contribution < -0.4 is 10.6 Å². The van der Waals surface area contributed by atoms with Gasteiger partial charge in [0.05, 0.1) is 4.90 Å². The Labute approximate surface area is 138 Å². The number of nitrogens with one attached hydrogen (secondary N) is 2. The monoisotopic (exact) mass is 390 g/mol. The summed E-state index contributed by atoms with van der Waals surface area (Å²) in [5.41, 5.74) is 0.849. The Morgan fingerprint density at radius 2 is 1.82 bits per heavy atom. The van der Waals surface area contributed by atoms with Gasteiger partial charge in [-0.25, -0.2) is 13.2 Å². The maximum absolute atomic E-state index is 11.5. The molecule has 1 fully saturated rings. The smallest absolute Gasteiger partial charge is 0.404 e. The average molecular weight is 391 g/mol. The van der Waals surface area contributed by atoms with Crippen LogP contribution >= 0.6 is 15.9 Å². The number of hydrogen-bond donors (Lipinski definition) is 3. The Bertz CT molecular complexity index is 655. The molecule has 1 aliphatic carbocycles. The molecule has 1 aliphatic rings. The molecule has 0 radical (unpaired) electrons. The molecule has 1 amide bonds. The molecular formula is C14H19BrN2O4S. The quantitative estimate of drug-likeness (QED) is 0.734. The predicted octanol–water partition coefficient (Wildman–Crippen LogP) is 2.84. The molecule has 22 heavy (non-hydrogen) atoms. The van der Waals surface area contributed by atoms with E-state index in [2.05, 4.69) is 26.6 Å². The van der Waals surface area contributed by atoms with Crippen molar-refractivity contribution in [1.29, 1.82) is 0 Å². The average Bonchev–Trinajstić information content (AvgIpc) is 2.41. The van der Waals surface area contributed by atoms with Gasteiger partial charge in [0.15, 0.2) is 9.84 Å². The van der Waals surface area contributed by atoms with Gasteiger partial charge < -0.3 is 15.7 Å². The summed E-state index contributed by atoms with van der Waals surface area (Å²) in [4.78, 5) is 10.9. The largest absolute Gasteiger partial charge is 0.465 e. The Morgan fingerprint density at radius 1 is 1.23 bits per heavy atom. The van der Waals surface area contributed by atoms with Crippen molar-refractivity contribution in [2.75, 3.05) is 11.6 Å². The third kappa shape index (κ3) is 4.61. The van der Waals surface area contributed by atoms with Crippen molar-refractivity contribution in [3.63, 3.8) is 0 Å². The molecule has 0 aliphatic heterocycles. The zero-order valence-corrected chi connectivity index (χ0v) is 14.6. The van der Waals surface area contributed by atoms with E-state index in [0.717, 1.165) is 31.4 Å². The highest BCUT2D eigenvalue weighted by Crippen LogP contribution is 2.29. The first-order valence-corrected chi connectivity index (χ1v) is 9.70. The lowest BCUT2D eigenvalue weighted by Gasteiger charge is -2.30. The summed E-state index contributed by atoms with van der Waals surface area (Å²) < 4.78 is 23.7. The highest BCUT2D eigenvalue weighted by Gasteiger charge is 2.22. The van der Waals surface area contributed by atoms with E-state index < -0.39 is 15.9 Å². The number of amides is 1. The first-order valence-electron chi connectivity index (χ1n) is 7.01. The number of carboxylic acid groups (broad SMARTS) is 1. The van der Waals surface area contributed by atoms with Gasteiger partial charge in [-0.1, -0.05) is 0 Å². The highest BCUT2D eigenvalue weighted by molar-refractivity contribution is 9.10. The van der Waals surface area contributed by atoms with Crippen molar-refractivity contribution in [3.05, 3.63) is 22.7 Å². The second kappa shape index (κ2) is 6.87. The van der Waals surface area contributed by atoms with Gasteiger partial charge in [-0.15, -0.1) is 0 Å². The standard InChI is InChI=1S/C14H19BrN2O4S/c1-22(20,21)11-6-7-13(12(15)8-11)16-9-2-4-10(5-3-9)17-14(18)19/h6-10,16-17H,2-5H2,1H3,(H,18,19). The number of halogens is 1. The summed E-state index contributed by atoms with van der Waals surface area (Å²) in [5, 5.41) is 14.6. The van der Waals surface area contributed by atoms with Crippen molar-refractivity contribution in [3.8, 4) is 0 Å². The van der Waals surface area contributed by atoms with E-state index in [1.54, 1.807) is 18.2 Å². The van der Waals surface area contributed by atoms with Gasteiger partial charge in [0.2, 0.25) is 0 Å². The molecule has 0 atom stereocenters. The lowest BCUT2D eigenvalue weighted by atomic mass is 9.91. The molecule has 0 unspecified atom stereocenters. The number of rotatable bonds is 4. The molecule has 122 valence electrons. The van der Waals surface area contributed by atoms with Gasteiger partial charge >= 0.3 is 6.09 Å². The number of anilines is 1. The predicted molar refractivity (Wildman–Crippen MR) is 88.1 cm³/mol. The summed E-state index contributed by atoms with van der Waals surface area (Å²) in [6, 6.07) is 5.20. The summed E-state index contributed by atoms with van der Waals surface area (Å²) in [5.74, 6) is 0. The van der Waals surface area contributed by atoms with Gasteiger partial charge in [-0.05, 0) is 59.8 Å². The van der Waals surface area contributed by atoms with E-state index in [0.29, 0.717) is 4.47 Å². The Kier molecular flexibility index (Phi) is 5.33. The van der Waals surface area contributed by atoms with Gasteiger partial charge in [0.1, 0.15) is 0 Å². The Morgan fingerprint density at radius 3 is 2.32 bits per heavy atom. The first-order chi connectivity index (χ1) is 10.3. The molecule has 2 rings (SSSR count). The van der Waals surface area contributed by atoms with Crippen molar-refractivity contribution in [1.82, 2.24) is 5.32 Å². The van der Waals surface area contributed by atoms with Gasteiger partial charge in [0, 0.05) is 28.5 Å². The number of benzene rings is 1. The van der Waals surface area contributed by atoms with Crippen LogP contribution in [0.4, 0.5) is 10.5 Å². The van der Waals surface area contributed by atoms with Crippen molar-refractivity contribution < 1.29 is 18.3 Å². The molecule has 6 nitrogen and oxygen atoms in total. The van der Waals surface area contributed by atoms with Crippen LogP contribution in [0, 0.1) is 0 Å². The van der Waals surface area contributed by atoms with Crippen molar-refractivity contribution in [2.45, 2.75) is 42.7 Å². The fourth-order valence-electron chi connectivity index (χ4n) is 2.62. The second-order valence-electron chi connectivity index (χ2n) is 5.56. The molecule has 1 aromatic rings. The molecule has 0 saturated heterocycles. The lowest BCUT2D eigenvalue weighted by Crippen LogP contribution is -2.39. The third-order valence-corrected chi connectivity index (χ3v) is 5.55. The van der Waals surface area contributed by atoms with E-state index in [-0.39, 0.29) is 17.0 Å². The van der Waals surface area contributed by atoms with Crippen LogP contribution in [-0.2, 0) is 9.84 Å². The first kappa shape index (κ1) is 17.1. The number of carbonyl (C=O) groups is 1. The minimum Gasteiger partial charge on any atom is -0.465 e. The van der Waals surface area contributed by atoms with Crippen LogP contribution in [0.5, 0.6) is 0 Å². The molecule has 0 aromatic heterocycles. The molecule has 3 N–H and O–H groups in total. The van der Waals surface area contributed by atoms with E-state index in [4.69, 9.17) is 5.11 Å². The van der Waals surface area contributed by atoms with E-state index in [1.165, 1.54) is 6.26 Å². The third-order valence-electron chi connectivity index (χ3n) is 3.78. The number of sulfone groups is 1. The molecule has 0 heterocycles. The second-order valence-corrected chi connectivity index (χ2v) is 8.43. The number of hydrogen-bond acceptors (Lipinski definition) is 4. The van der Waals surface area contributed by atoms with E-state index >= 15 is 0 Å². The summed E-state index contributed by atoms with van der Waals surface area (Å²) >= 11 is 3.39. The summed E-state index contributed by atoms with van der Waals surface area (Å²) in [7, 11) is -3.22. The minimum absolute atomic E-state index is 0.0200. The fraction of sp³-hybridized carbons (Fsp3) is 0.500. The lowest BCUT2D eigenvalue weighted by molar-refractivity contribution is 0.185. The minimum atomic E-state index is -3.22. The molecule has 0 spiro atoms. The Hall–Kier alpha value is -1.28. The van der Waals surface area contributed by atoms with Gasteiger partial charge in [-0.2, -0.15) is 0 Å². The molecule has 1 saturated carbocycles. The van der Waals surface area contributed by atoms with Crippen LogP contribution in [0.15, 0.2) is 27.6 Å². The van der Waals surface area contributed by atoms with Crippen molar-refractivity contribution in [2.24, 2.45) is 0 Å². The van der Waals surface area contributed by atoms with Gasteiger partial charge in [-0.3, -0.25) is 0 Å². The van der Waals surface area contributed by atoms with Crippen molar-refractivity contribution >= 4 is 37.5 Å². The zero-order chi connectivity index (χ0) is 16.3. The normalized spacial score (nSPS) is 22.1. The van der Waals surface area contributed by atoms with Gasteiger partial charge in [0.25, 0.3) is 0 Å².